The van der Waals surface area contributed by atoms with E-state index in [-0.39, 0.29) is 18.2 Å². The van der Waals surface area contributed by atoms with Crippen molar-refractivity contribution < 1.29 is 19.2 Å². The average molecular weight is 631 g/mol. The number of imidazole rings is 2. The van der Waals surface area contributed by atoms with E-state index in [0.29, 0.717) is 42.2 Å². The number of aryl methyl sites for hydroxylation is 4. The Balaban J connectivity index is 0.000000371. The van der Waals surface area contributed by atoms with Gasteiger partial charge in [-0.3, -0.25) is 24.1 Å². The Morgan fingerprint density at radius 2 is 1.63 bits per heavy atom. The minimum atomic E-state index is -0.153. The summed E-state index contributed by atoms with van der Waals surface area (Å²) in [5.41, 5.74) is 3.65. The van der Waals surface area contributed by atoms with Crippen LogP contribution in [0.5, 0.6) is 0 Å². The fourth-order valence-corrected chi connectivity index (χ4v) is 4.30. The molecule has 3 heterocycles. The number of allylic oxidation sites excluding steroid dienone is 4. The summed E-state index contributed by atoms with van der Waals surface area (Å²) < 4.78 is 4.15. The van der Waals surface area contributed by atoms with Crippen LogP contribution in [0.4, 0.5) is 0 Å². The van der Waals surface area contributed by atoms with Gasteiger partial charge in [-0.2, -0.15) is 0 Å². The third-order valence-corrected chi connectivity index (χ3v) is 6.67. The van der Waals surface area contributed by atoms with E-state index < -0.39 is 0 Å². The number of amides is 2. The first-order chi connectivity index (χ1) is 22.2. The normalized spacial score (nSPS) is 13.1. The molecule has 0 N–H and O–H groups in total. The summed E-state index contributed by atoms with van der Waals surface area (Å²) in [5, 5.41) is 0. The summed E-state index contributed by atoms with van der Waals surface area (Å²) in [6.07, 6.45) is 18.9. The highest BCUT2D eigenvalue weighted by molar-refractivity contribution is 6.13. The monoisotopic (exact) mass is 630 g/mol. The molecule has 2 amide bonds. The summed E-state index contributed by atoms with van der Waals surface area (Å²) in [5.74, 6) is -0.259. The number of hydrogen-bond acceptors (Lipinski definition) is 7. The third kappa shape index (κ3) is 14.4. The van der Waals surface area contributed by atoms with Crippen molar-refractivity contribution in [3.63, 3.8) is 0 Å². The number of rotatable bonds is 13. The zero-order chi connectivity index (χ0) is 34.3. The second-order valence-electron chi connectivity index (χ2n) is 10.5. The molecule has 0 aliphatic carbocycles. The van der Waals surface area contributed by atoms with E-state index in [2.05, 4.69) is 46.3 Å². The van der Waals surface area contributed by atoms with Gasteiger partial charge in [0, 0.05) is 54.4 Å². The van der Waals surface area contributed by atoms with Crippen LogP contribution in [-0.4, -0.2) is 80.5 Å². The van der Waals surface area contributed by atoms with Gasteiger partial charge in [-0.05, 0) is 53.8 Å². The molecule has 0 bridgehead atoms. The summed E-state index contributed by atoms with van der Waals surface area (Å²) in [7, 11) is 4.19. The maximum absolute atomic E-state index is 12.2. The number of carbonyl (C=O) groups is 4. The lowest BCUT2D eigenvalue weighted by atomic mass is 10.1. The molecule has 46 heavy (non-hydrogen) atoms. The van der Waals surface area contributed by atoms with Crippen molar-refractivity contribution >= 4 is 24.4 Å². The van der Waals surface area contributed by atoms with Crippen molar-refractivity contribution in [2.75, 3.05) is 27.2 Å². The molecule has 1 fully saturated rings. The smallest absolute Gasteiger partial charge is 0.256 e. The molecule has 248 valence electrons. The number of carbonyl (C=O) groups excluding carboxylic acids is 4. The molecular formula is C36H50N6O4. The zero-order valence-corrected chi connectivity index (χ0v) is 28.3. The van der Waals surface area contributed by atoms with Crippen LogP contribution in [-0.2, 0) is 22.7 Å². The van der Waals surface area contributed by atoms with Crippen molar-refractivity contribution in [3.8, 4) is 0 Å². The average Bonchev–Trinajstić information content (AvgIpc) is 3.75. The van der Waals surface area contributed by atoms with Crippen LogP contribution >= 0.6 is 0 Å². The predicted molar refractivity (Wildman–Crippen MR) is 184 cm³/mol. The van der Waals surface area contributed by atoms with Crippen molar-refractivity contribution in [1.82, 2.24) is 28.9 Å². The first-order valence-corrected chi connectivity index (χ1v) is 15.6. The van der Waals surface area contributed by atoms with E-state index in [1.54, 1.807) is 42.9 Å². The Kier molecular flexibility index (Phi) is 19.5. The van der Waals surface area contributed by atoms with Crippen molar-refractivity contribution in [3.05, 3.63) is 108 Å². The largest absolute Gasteiger partial charge is 0.337 e. The zero-order valence-electron chi connectivity index (χ0n) is 28.3. The van der Waals surface area contributed by atoms with Gasteiger partial charge in [-0.25, -0.2) is 9.97 Å². The molecule has 2 aromatic heterocycles. The molecule has 1 aromatic carbocycles. The Morgan fingerprint density at radius 1 is 0.957 bits per heavy atom. The van der Waals surface area contributed by atoms with Gasteiger partial charge >= 0.3 is 0 Å². The fourth-order valence-electron chi connectivity index (χ4n) is 4.30. The predicted octanol–water partition coefficient (Wildman–Crippen LogP) is 5.88. The lowest BCUT2D eigenvalue weighted by Crippen LogP contribution is -2.31. The number of nitrogens with zero attached hydrogens (tertiary/aromatic N) is 6. The Bertz CT molecular complexity index is 1410. The topological polar surface area (TPSA) is 110 Å². The molecule has 0 radical (unpaired) electrons. The van der Waals surface area contributed by atoms with Crippen LogP contribution in [0.2, 0.25) is 0 Å². The van der Waals surface area contributed by atoms with Crippen LogP contribution in [0, 0.1) is 13.8 Å². The van der Waals surface area contributed by atoms with Crippen LogP contribution in [0.15, 0.2) is 85.8 Å². The number of benzene rings is 1. The van der Waals surface area contributed by atoms with E-state index in [4.69, 9.17) is 0 Å². The lowest BCUT2D eigenvalue weighted by Gasteiger charge is -2.13. The van der Waals surface area contributed by atoms with E-state index >= 15 is 0 Å². The molecule has 1 saturated heterocycles. The van der Waals surface area contributed by atoms with Crippen LogP contribution in [0.25, 0.3) is 0 Å². The van der Waals surface area contributed by atoms with Crippen LogP contribution in [0.3, 0.4) is 0 Å². The fraction of sp³-hybridized carbons (Fsp3) is 0.389. The maximum atomic E-state index is 12.2. The van der Waals surface area contributed by atoms with Gasteiger partial charge in [0.15, 0.2) is 12.6 Å². The third-order valence-electron chi connectivity index (χ3n) is 6.67. The van der Waals surface area contributed by atoms with E-state index in [1.165, 1.54) is 11.3 Å². The molecule has 3 aromatic rings. The Labute approximate surface area is 274 Å². The molecule has 10 nitrogen and oxygen atoms in total. The van der Waals surface area contributed by atoms with Gasteiger partial charge in [0.25, 0.3) is 5.91 Å². The minimum Gasteiger partial charge on any atom is -0.337 e. The quantitative estimate of drug-likeness (QED) is 0.100. The van der Waals surface area contributed by atoms with Crippen molar-refractivity contribution in [2.24, 2.45) is 0 Å². The highest BCUT2D eigenvalue weighted by Crippen LogP contribution is 2.20. The van der Waals surface area contributed by atoms with Crippen molar-refractivity contribution in [2.45, 2.75) is 66.5 Å². The molecule has 0 saturated carbocycles. The molecular weight excluding hydrogens is 580 g/mol. The Hall–Kier alpha value is -4.70. The first-order valence-electron chi connectivity index (χ1n) is 15.6. The molecule has 0 atom stereocenters. The van der Waals surface area contributed by atoms with E-state index in [9.17, 15) is 19.2 Å². The van der Waals surface area contributed by atoms with Gasteiger partial charge < -0.3 is 14.0 Å². The van der Waals surface area contributed by atoms with E-state index in [0.717, 1.165) is 37.4 Å². The molecule has 10 heteroatoms. The number of aldehydes is 2. The highest BCUT2D eigenvalue weighted by Gasteiger charge is 2.32. The summed E-state index contributed by atoms with van der Waals surface area (Å²) in [6.45, 7) is 15.0. The number of hydrogen-bond donors (Lipinski definition) is 0. The van der Waals surface area contributed by atoms with Crippen molar-refractivity contribution in [1.29, 1.82) is 0 Å². The highest BCUT2D eigenvalue weighted by atomic mass is 16.2. The number of aromatic nitrogens is 4. The molecule has 0 spiro atoms. The Morgan fingerprint density at radius 3 is 2.15 bits per heavy atom. The molecule has 1 aliphatic heterocycles. The van der Waals surface area contributed by atoms with Gasteiger partial charge in [0.05, 0.1) is 24.8 Å². The first kappa shape index (κ1) is 39.3. The van der Waals surface area contributed by atoms with Gasteiger partial charge in [-0.1, -0.05) is 69.0 Å². The minimum absolute atomic E-state index is 0.105. The molecule has 4 rings (SSSR count). The molecule has 1 aliphatic rings. The summed E-state index contributed by atoms with van der Waals surface area (Å²) >= 11 is 0. The van der Waals surface area contributed by atoms with Crippen LogP contribution in [0.1, 0.15) is 71.6 Å². The number of likely N-dealkylation sites (tertiary alicyclic amines) is 1. The summed E-state index contributed by atoms with van der Waals surface area (Å²) in [6, 6.07) is 6.65. The van der Waals surface area contributed by atoms with Gasteiger partial charge in [0.2, 0.25) is 5.91 Å². The van der Waals surface area contributed by atoms with E-state index in [1.807, 2.05) is 56.8 Å². The van der Waals surface area contributed by atoms with Crippen LogP contribution < -0.4 is 0 Å². The number of imide groups is 1. The van der Waals surface area contributed by atoms with Gasteiger partial charge in [-0.15, -0.1) is 0 Å². The molecule has 0 unspecified atom stereocenters. The second kappa shape index (κ2) is 22.8. The summed E-state index contributed by atoms with van der Waals surface area (Å²) in [4.78, 5) is 56.4. The lowest BCUT2D eigenvalue weighted by molar-refractivity contribution is -0.137. The second-order valence-corrected chi connectivity index (χ2v) is 10.5. The van der Waals surface area contributed by atoms with Gasteiger partial charge in [0.1, 0.15) is 0 Å². The standard InChI is InChI=1S/C17H21N3O2.C9H17N3.C8H6O2.C2H6/c1-3-4-5-6-8-15-11-16(21)20(17(15)22)10-7-9-19-13-18-12-14(19)2;1-9-7-12(8-10-9)6-4-5-11(2)3;9-5-7-3-1-2-4-8(7)6-10;1-2/h3-5,8,12-13H,1,6-7,9-11H2,2H3;7-8H,4-6H2,1-3H3;1-6H;1-2H3/b5-4-,15-8+;;;. The SMILES string of the molecule is C=C/C=C\C/C=C1\CC(=O)N(CCCn2cncc2C)C1=O.CC.Cc1cn(CCCN(C)C)cn1.O=Cc1ccccc1C=O. The maximum Gasteiger partial charge on any atom is 0.256 e.